The molecule has 0 aliphatic heterocycles. The van der Waals surface area contributed by atoms with Gasteiger partial charge in [0.05, 0.1) is 6.20 Å². The minimum Gasteiger partial charge on any atom is -0.471 e. The first-order valence-corrected chi connectivity index (χ1v) is 10.6. The quantitative estimate of drug-likeness (QED) is 0.519. The SMILES string of the molecule is CC(F)(F)COc1ncccc1CNc1ncc(C#N)c(N[C@H]2CC[C@@](C)(C(N)=O)CC2)n1. The Morgan fingerprint density at radius 1 is 1.39 bits per heavy atom. The van der Waals surface area contributed by atoms with Gasteiger partial charge in [-0.15, -0.1) is 0 Å². The Labute approximate surface area is 190 Å². The number of nitrogens with zero attached hydrogens (tertiary/aromatic N) is 4. The van der Waals surface area contributed by atoms with Gasteiger partial charge in [-0.1, -0.05) is 13.0 Å². The third-order valence-electron chi connectivity index (χ3n) is 5.68. The highest BCUT2D eigenvalue weighted by Crippen LogP contribution is 2.36. The summed E-state index contributed by atoms with van der Waals surface area (Å²) in [6.07, 6.45) is 5.61. The van der Waals surface area contributed by atoms with E-state index in [9.17, 15) is 18.8 Å². The Morgan fingerprint density at radius 2 is 2.12 bits per heavy atom. The molecular formula is C22H27F2N7O2. The van der Waals surface area contributed by atoms with E-state index in [0.29, 0.717) is 29.8 Å². The molecule has 2 aromatic rings. The number of ether oxygens (including phenoxy) is 1. The molecule has 1 aliphatic rings. The predicted octanol–water partition coefficient (Wildman–Crippen LogP) is 3.24. The number of aromatic nitrogens is 3. The van der Waals surface area contributed by atoms with Crippen LogP contribution in [0.15, 0.2) is 24.5 Å². The second-order valence-electron chi connectivity index (χ2n) is 8.59. The summed E-state index contributed by atoms with van der Waals surface area (Å²) in [5.74, 6) is -2.54. The summed E-state index contributed by atoms with van der Waals surface area (Å²) < 4.78 is 31.4. The van der Waals surface area contributed by atoms with Crippen LogP contribution < -0.4 is 21.1 Å². The van der Waals surface area contributed by atoms with Crippen LogP contribution in [0, 0.1) is 16.7 Å². The number of nitrogens with one attached hydrogen (secondary N) is 2. The molecule has 2 aromatic heterocycles. The van der Waals surface area contributed by atoms with E-state index < -0.39 is 17.9 Å². The zero-order chi connectivity index (χ0) is 24.1. The maximum absolute atomic E-state index is 13.1. The van der Waals surface area contributed by atoms with Crippen LogP contribution in [0.5, 0.6) is 5.88 Å². The van der Waals surface area contributed by atoms with Gasteiger partial charge in [-0.3, -0.25) is 4.79 Å². The van der Waals surface area contributed by atoms with Gasteiger partial charge in [0.1, 0.15) is 17.5 Å². The highest BCUT2D eigenvalue weighted by molar-refractivity contribution is 5.80. The number of halogens is 2. The molecule has 1 amide bonds. The van der Waals surface area contributed by atoms with Crippen LogP contribution in [0.4, 0.5) is 20.5 Å². The second kappa shape index (κ2) is 9.94. The van der Waals surface area contributed by atoms with Gasteiger partial charge in [0.25, 0.3) is 5.92 Å². The van der Waals surface area contributed by atoms with Crippen molar-refractivity contribution < 1.29 is 18.3 Å². The van der Waals surface area contributed by atoms with Crippen molar-refractivity contribution in [3.63, 3.8) is 0 Å². The van der Waals surface area contributed by atoms with Crippen molar-refractivity contribution in [2.24, 2.45) is 11.1 Å². The number of nitrogens with two attached hydrogens (primary N) is 1. The number of carbonyl (C=O) groups excluding carboxylic acids is 1. The summed E-state index contributed by atoms with van der Waals surface area (Å²) >= 11 is 0. The standard InChI is InChI=1S/C22H27F2N7O2/c1-21(19(26)32)7-5-16(6-8-21)30-17-15(10-25)12-29-20(31-17)28-11-14-4-3-9-27-18(14)33-13-22(2,23)24/h3-4,9,12,16H,5-8,11,13H2,1-2H3,(H2,26,32)(H2,28,29,30,31)/t16-,21+. The van der Waals surface area contributed by atoms with E-state index in [1.165, 1.54) is 12.4 Å². The van der Waals surface area contributed by atoms with E-state index in [4.69, 9.17) is 10.5 Å². The summed E-state index contributed by atoms with van der Waals surface area (Å²) in [6, 6.07) is 5.48. The Hall–Kier alpha value is -3.55. The molecule has 0 unspecified atom stereocenters. The van der Waals surface area contributed by atoms with Gasteiger partial charge in [0.15, 0.2) is 6.61 Å². The third-order valence-corrected chi connectivity index (χ3v) is 5.68. The summed E-state index contributed by atoms with van der Waals surface area (Å²) in [5, 5.41) is 15.7. The third kappa shape index (κ3) is 6.47. The fourth-order valence-corrected chi connectivity index (χ4v) is 3.56. The zero-order valence-electron chi connectivity index (χ0n) is 18.6. The first-order chi connectivity index (χ1) is 15.6. The zero-order valence-corrected chi connectivity index (χ0v) is 18.6. The van der Waals surface area contributed by atoms with E-state index in [-0.39, 0.29) is 30.3 Å². The van der Waals surface area contributed by atoms with Crippen LogP contribution in [0.3, 0.4) is 0 Å². The van der Waals surface area contributed by atoms with Gasteiger partial charge in [-0.25, -0.2) is 18.7 Å². The lowest BCUT2D eigenvalue weighted by molar-refractivity contribution is -0.128. The first kappa shape index (κ1) is 24.1. The van der Waals surface area contributed by atoms with E-state index in [0.717, 1.165) is 19.8 Å². The van der Waals surface area contributed by atoms with E-state index in [2.05, 4.69) is 31.7 Å². The number of nitriles is 1. The normalized spacial score (nSPS) is 20.5. The van der Waals surface area contributed by atoms with Crippen molar-refractivity contribution in [2.45, 2.75) is 58.0 Å². The molecule has 2 heterocycles. The molecule has 9 nitrogen and oxygen atoms in total. The van der Waals surface area contributed by atoms with Crippen molar-refractivity contribution in [1.82, 2.24) is 15.0 Å². The Bertz CT molecular complexity index is 1030. The minimum atomic E-state index is -2.98. The van der Waals surface area contributed by atoms with Crippen molar-refractivity contribution in [2.75, 3.05) is 17.2 Å². The van der Waals surface area contributed by atoms with Gasteiger partial charge in [-0.05, 0) is 31.7 Å². The van der Waals surface area contributed by atoms with Crippen molar-refractivity contribution in [3.05, 3.63) is 35.7 Å². The molecule has 0 bridgehead atoms. The highest BCUT2D eigenvalue weighted by Gasteiger charge is 2.36. The molecule has 33 heavy (non-hydrogen) atoms. The maximum Gasteiger partial charge on any atom is 0.278 e. The van der Waals surface area contributed by atoms with E-state index >= 15 is 0 Å². The molecule has 176 valence electrons. The molecule has 0 spiro atoms. The summed E-state index contributed by atoms with van der Waals surface area (Å²) in [5.41, 5.74) is 5.85. The fourth-order valence-electron chi connectivity index (χ4n) is 3.56. The molecule has 1 fully saturated rings. The lowest BCUT2D eigenvalue weighted by atomic mass is 9.73. The highest BCUT2D eigenvalue weighted by atomic mass is 19.3. The number of pyridine rings is 1. The largest absolute Gasteiger partial charge is 0.471 e. The number of rotatable bonds is 9. The molecule has 4 N–H and O–H groups in total. The van der Waals surface area contributed by atoms with E-state index in [1.807, 2.05) is 6.92 Å². The van der Waals surface area contributed by atoms with Crippen molar-refractivity contribution in [1.29, 1.82) is 5.26 Å². The molecule has 0 radical (unpaired) electrons. The van der Waals surface area contributed by atoms with Gasteiger partial charge >= 0.3 is 0 Å². The molecular weight excluding hydrogens is 432 g/mol. The number of hydrogen-bond donors (Lipinski definition) is 3. The Balaban J connectivity index is 1.66. The van der Waals surface area contributed by atoms with Crippen LogP contribution in [0.25, 0.3) is 0 Å². The molecule has 0 atom stereocenters. The summed E-state index contributed by atoms with van der Waals surface area (Å²) in [7, 11) is 0. The molecule has 0 aromatic carbocycles. The number of anilines is 2. The van der Waals surface area contributed by atoms with Gasteiger partial charge < -0.3 is 21.1 Å². The van der Waals surface area contributed by atoms with Crippen LogP contribution in [-0.4, -0.2) is 39.4 Å². The lowest BCUT2D eigenvalue weighted by Crippen LogP contribution is -2.40. The smallest absolute Gasteiger partial charge is 0.278 e. The maximum atomic E-state index is 13.1. The molecule has 1 saturated carbocycles. The first-order valence-electron chi connectivity index (χ1n) is 10.6. The Kier molecular flexibility index (Phi) is 7.26. The number of hydrogen-bond acceptors (Lipinski definition) is 8. The van der Waals surface area contributed by atoms with Gasteiger partial charge in [0, 0.05) is 36.7 Å². The van der Waals surface area contributed by atoms with Crippen LogP contribution in [0.1, 0.15) is 50.7 Å². The summed E-state index contributed by atoms with van der Waals surface area (Å²) in [6.45, 7) is 2.05. The molecule has 11 heteroatoms. The predicted molar refractivity (Wildman–Crippen MR) is 118 cm³/mol. The Morgan fingerprint density at radius 3 is 2.76 bits per heavy atom. The van der Waals surface area contributed by atoms with E-state index in [1.54, 1.807) is 12.1 Å². The lowest BCUT2D eigenvalue weighted by Gasteiger charge is -2.35. The van der Waals surface area contributed by atoms with Gasteiger partial charge in [0.2, 0.25) is 17.7 Å². The fraction of sp³-hybridized carbons (Fsp3) is 0.500. The average molecular weight is 460 g/mol. The average Bonchev–Trinajstić information content (AvgIpc) is 2.78. The van der Waals surface area contributed by atoms with Crippen LogP contribution in [0.2, 0.25) is 0 Å². The number of alkyl halides is 2. The van der Waals surface area contributed by atoms with Crippen molar-refractivity contribution in [3.8, 4) is 11.9 Å². The molecule has 3 rings (SSSR count). The summed E-state index contributed by atoms with van der Waals surface area (Å²) in [4.78, 5) is 24.2. The minimum absolute atomic E-state index is 0.0429. The molecule has 0 saturated heterocycles. The van der Waals surface area contributed by atoms with Crippen LogP contribution in [-0.2, 0) is 11.3 Å². The molecule has 1 aliphatic carbocycles. The number of carbonyl (C=O) groups is 1. The van der Waals surface area contributed by atoms with Crippen LogP contribution >= 0.6 is 0 Å². The number of amides is 1. The number of primary amides is 1. The second-order valence-corrected chi connectivity index (χ2v) is 8.59. The topological polar surface area (TPSA) is 139 Å². The van der Waals surface area contributed by atoms with Crippen molar-refractivity contribution >= 4 is 17.7 Å². The monoisotopic (exact) mass is 459 g/mol. The van der Waals surface area contributed by atoms with Gasteiger partial charge in [-0.2, -0.15) is 10.2 Å².